The van der Waals surface area contributed by atoms with Crippen LogP contribution in [0.1, 0.15) is 104 Å². The van der Waals surface area contributed by atoms with Crippen LogP contribution >= 0.6 is 0 Å². The standard InChI is InChI=1S/C36H49N/c1-22(2)24-13-10-11-23-17-19-35(6)27(31(23)24)15-16-30-34(5)21-26-25-12-8-9-14-28(25)37-32(26)33(3,4)29(34)18-20-36(30,35)7/h8-9,11-12,14,24,27,29-31,37H,1,10,13,15-21H2,2-7H3/t24-,27+,29-,30+,31+,34-,35+,36+/m0/s1. The monoisotopic (exact) mass is 495 g/mol. The summed E-state index contributed by atoms with van der Waals surface area (Å²) in [6.07, 6.45) is 14.9. The zero-order valence-electron chi connectivity index (χ0n) is 24.3. The lowest BCUT2D eigenvalue weighted by Crippen LogP contribution is -2.65. The third-order valence-electron chi connectivity index (χ3n) is 13.8. The molecule has 0 radical (unpaired) electrons. The maximum absolute atomic E-state index is 4.52. The highest BCUT2D eigenvalue weighted by Crippen LogP contribution is 2.75. The highest BCUT2D eigenvalue weighted by molar-refractivity contribution is 5.85. The van der Waals surface area contributed by atoms with Gasteiger partial charge in [-0.2, -0.15) is 0 Å². The smallest absolute Gasteiger partial charge is 0.0459 e. The molecule has 3 fully saturated rings. The summed E-state index contributed by atoms with van der Waals surface area (Å²) < 4.78 is 0. The van der Waals surface area contributed by atoms with Crippen molar-refractivity contribution in [3.05, 3.63) is 59.3 Å². The van der Waals surface area contributed by atoms with Crippen molar-refractivity contribution in [2.75, 3.05) is 0 Å². The Kier molecular flexibility index (Phi) is 5.03. The molecule has 1 aromatic heterocycles. The SMILES string of the molecule is C=C(C)[C@@H]1CCC=C2CC[C@]3(C)[C@H](CC[C@@H]4[C@@]5(C)Cc6c([nH]c7ccccc67)C(C)(C)[C@@H]5CC[C@]43C)[C@H]21. The molecule has 1 aromatic carbocycles. The molecule has 0 aliphatic heterocycles. The quantitative estimate of drug-likeness (QED) is 0.379. The number of rotatable bonds is 1. The molecule has 0 saturated heterocycles. The van der Waals surface area contributed by atoms with E-state index in [2.05, 4.69) is 83.4 Å². The number of para-hydroxylation sites is 1. The van der Waals surface area contributed by atoms with Crippen LogP contribution in [-0.4, -0.2) is 4.98 Å². The van der Waals surface area contributed by atoms with Gasteiger partial charge in [0.1, 0.15) is 0 Å². The fourth-order valence-electron chi connectivity index (χ4n) is 12.1. The van der Waals surface area contributed by atoms with E-state index in [0.29, 0.717) is 22.2 Å². The van der Waals surface area contributed by atoms with E-state index in [0.717, 1.165) is 23.7 Å². The molecule has 7 rings (SSSR count). The molecule has 5 aliphatic rings. The number of H-pyrrole nitrogens is 1. The molecule has 8 atom stereocenters. The van der Waals surface area contributed by atoms with E-state index >= 15 is 0 Å². The Morgan fingerprint density at radius 1 is 0.919 bits per heavy atom. The van der Waals surface area contributed by atoms with Crippen LogP contribution in [0, 0.1) is 45.8 Å². The Morgan fingerprint density at radius 3 is 2.49 bits per heavy atom. The van der Waals surface area contributed by atoms with Gasteiger partial charge in [0, 0.05) is 22.0 Å². The second kappa shape index (κ2) is 7.67. The van der Waals surface area contributed by atoms with E-state index in [-0.39, 0.29) is 5.41 Å². The lowest BCUT2D eigenvalue weighted by atomic mass is 9.33. The average molecular weight is 496 g/mol. The van der Waals surface area contributed by atoms with E-state index in [1.54, 1.807) is 11.3 Å². The maximum Gasteiger partial charge on any atom is 0.0459 e. The molecule has 0 unspecified atom stereocenters. The topological polar surface area (TPSA) is 15.8 Å². The summed E-state index contributed by atoms with van der Waals surface area (Å²) in [4.78, 5) is 3.92. The van der Waals surface area contributed by atoms with E-state index in [4.69, 9.17) is 0 Å². The van der Waals surface area contributed by atoms with Crippen LogP contribution in [0.25, 0.3) is 10.9 Å². The van der Waals surface area contributed by atoms with Crippen LogP contribution in [0.4, 0.5) is 0 Å². The summed E-state index contributed by atoms with van der Waals surface area (Å²) in [6.45, 7) is 20.2. The highest BCUT2D eigenvalue weighted by atomic mass is 14.8. The molecular formula is C36H49N. The number of benzene rings is 1. The lowest BCUT2D eigenvalue weighted by molar-refractivity contribution is -0.206. The van der Waals surface area contributed by atoms with Crippen molar-refractivity contribution in [3.8, 4) is 0 Å². The number of nitrogens with one attached hydrogen (secondary N) is 1. The summed E-state index contributed by atoms with van der Waals surface area (Å²) in [7, 11) is 0. The van der Waals surface area contributed by atoms with Gasteiger partial charge in [-0.15, -0.1) is 0 Å². The first-order valence-corrected chi connectivity index (χ1v) is 15.5. The van der Waals surface area contributed by atoms with Gasteiger partial charge < -0.3 is 4.98 Å². The van der Waals surface area contributed by atoms with Crippen molar-refractivity contribution in [2.24, 2.45) is 45.8 Å². The van der Waals surface area contributed by atoms with Crippen LogP contribution in [0.15, 0.2) is 48.1 Å². The molecule has 1 N–H and O–H groups in total. The molecule has 1 heterocycles. The highest BCUT2D eigenvalue weighted by Gasteiger charge is 2.68. The Hall–Kier alpha value is -1.76. The van der Waals surface area contributed by atoms with E-state index in [1.807, 2.05) is 5.57 Å². The van der Waals surface area contributed by atoms with Gasteiger partial charge in [0.05, 0.1) is 0 Å². The molecule has 5 aliphatic carbocycles. The largest absolute Gasteiger partial charge is 0.358 e. The number of hydrogen-bond donors (Lipinski definition) is 1. The average Bonchev–Trinajstić information content (AvgIpc) is 3.23. The van der Waals surface area contributed by atoms with Gasteiger partial charge in [-0.3, -0.25) is 0 Å². The van der Waals surface area contributed by atoms with Crippen molar-refractivity contribution in [1.29, 1.82) is 0 Å². The van der Waals surface area contributed by atoms with Gasteiger partial charge in [-0.1, -0.05) is 76.6 Å². The van der Waals surface area contributed by atoms with Crippen molar-refractivity contribution in [2.45, 2.75) is 105 Å². The van der Waals surface area contributed by atoms with Gasteiger partial charge in [-0.25, -0.2) is 0 Å². The molecule has 3 saturated carbocycles. The Bertz CT molecular complexity index is 1310. The fourth-order valence-corrected chi connectivity index (χ4v) is 12.1. The van der Waals surface area contributed by atoms with Crippen molar-refractivity contribution >= 4 is 10.9 Å². The lowest BCUT2D eigenvalue weighted by Gasteiger charge is -2.71. The first-order chi connectivity index (χ1) is 17.5. The van der Waals surface area contributed by atoms with Crippen LogP contribution in [0.5, 0.6) is 0 Å². The number of fused-ring (bicyclic) bond motifs is 10. The minimum absolute atomic E-state index is 0.192. The summed E-state index contributed by atoms with van der Waals surface area (Å²) in [5.74, 6) is 3.85. The van der Waals surface area contributed by atoms with Crippen LogP contribution in [0.3, 0.4) is 0 Å². The fraction of sp³-hybridized carbons (Fsp3) is 0.667. The first-order valence-electron chi connectivity index (χ1n) is 15.5. The van der Waals surface area contributed by atoms with Crippen molar-refractivity contribution < 1.29 is 0 Å². The third kappa shape index (κ3) is 2.93. The first kappa shape index (κ1) is 24.3. The van der Waals surface area contributed by atoms with Crippen LogP contribution in [-0.2, 0) is 11.8 Å². The Morgan fingerprint density at radius 2 is 1.70 bits per heavy atom. The molecule has 37 heavy (non-hydrogen) atoms. The van der Waals surface area contributed by atoms with Gasteiger partial charge >= 0.3 is 0 Å². The molecule has 1 heteroatoms. The normalized spacial score (nSPS) is 44.1. The number of aromatic amines is 1. The van der Waals surface area contributed by atoms with Gasteiger partial charge in [0.25, 0.3) is 0 Å². The third-order valence-corrected chi connectivity index (χ3v) is 13.8. The van der Waals surface area contributed by atoms with Crippen molar-refractivity contribution in [1.82, 2.24) is 4.98 Å². The zero-order valence-corrected chi connectivity index (χ0v) is 24.3. The Balaban J connectivity index is 1.33. The molecule has 0 amide bonds. The summed E-state index contributed by atoms with van der Waals surface area (Å²) in [5, 5.41) is 1.48. The maximum atomic E-state index is 4.52. The molecule has 198 valence electrons. The minimum atomic E-state index is 0.192. The number of allylic oxidation sites excluding steroid dienone is 3. The number of hydrogen-bond acceptors (Lipinski definition) is 0. The summed E-state index contributed by atoms with van der Waals surface area (Å²) >= 11 is 0. The molecule has 1 nitrogen and oxygen atoms in total. The number of aromatic nitrogens is 1. The second-order valence-electron chi connectivity index (χ2n) is 15.4. The molecule has 0 bridgehead atoms. The van der Waals surface area contributed by atoms with Crippen LogP contribution in [0.2, 0.25) is 0 Å². The molecular weight excluding hydrogens is 446 g/mol. The molecule has 2 aromatic rings. The predicted molar refractivity (Wildman–Crippen MR) is 157 cm³/mol. The predicted octanol–water partition coefficient (Wildman–Crippen LogP) is 9.78. The van der Waals surface area contributed by atoms with Gasteiger partial charge in [0.15, 0.2) is 0 Å². The molecule has 0 spiro atoms. The summed E-state index contributed by atoms with van der Waals surface area (Å²) in [6, 6.07) is 9.10. The van der Waals surface area contributed by atoms with Crippen LogP contribution < -0.4 is 0 Å². The summed E-state index contributed by atoms with van der Waals surface area (Å²) in [5.41, 5.74) is 9.19. The van der Waals surface area contributed by atoms with E-state index < -0.39 is 0 Å². The van der Waals surface area contributed by atoms with Crippen molar-refractivity contribution in [3.63, 3.8) is 0 Å². The minimum Gasteiger partial charge on any atom is -0.358 e. The van der Waals surface area contributed by atoms with Gasteiger partial charge in [0.2, 0.25) is 0 Å². The Labute approximate surface area is 225 Å². The van der Waals surface area contributed by atoms with Gasteiger partial charge in [-0.05, 0) is 122 Å². The second-order valence-corrected chi connectivity index (χ2v) is 15.4. The van der Waals surface area contributed by atoms with E-state index in [1.165, 1.54) is 74.3 Å². The van der Waals surface area contributed by atoms with E-state index in [9.17, 15) is 0 Å². The zero-order chi connectivity index (χ0) is 26.0.